The van der Waals surface area contributed by atoms with E-state index in [0.29, 0.717) is 6.42 Å². The third-order valence-electron chi connectivity index (χ3n) is 4.58. The molecule has 5 nitrogen and oxygen atoms in total. The molecule has 1 unspecified atom stereocenters. The van der Waals surface area contributed by atoms with Gasteiger partial charge >= 0.3 is 6.09 Å². The molecule has 0 aromatic heterocycles. The summed E-state index contributed by atoms with van der Waals surface area (Å²) in [6.45, 7) is 16.5. The smallest absolute Gasteiger partial charge is 0.408 e. The van der Waals surface area contributed by atoms with E-state index in [2.05, 4.69) is 39.2 Å². The highest BCUT2D eigenvalue weighted by atomic mass is 32.1. The molecule has 1 aromatic carbocycles. The van der Waals surface area contributed by atoms with Gasteiger partial charge in [-0.1, -0.05) is 45.1 Å². The maximum absolute atomic E-state index is 12.0. The zero-order valence-corrected chi connectivity index (χ0v) is 19.6. The maximum atomic E-state index is 12.0. The van der Waals surface area contributed by atoms with Crippen LogP contribution >= 0.6 is 12.2 Å². The predicted octanol–water partition coefficient (Wildman–Crippen LogP) is 4.79. The number of thiocarbonyl (C=S) groups is 1. The highest BCUT2D eigenvalue weighted by molar-refractivity contribution is 7.80. The van der Waals surface area contributed by atoms with E-state index in [1.165, 1.54) is 0 Å². The van der Waals surface area contributed by atoms with Crippen molar-refractivity contribution in [3.8, 4) is 5.75 Å². The molecule has 0 spiro atoms. The predicted molar refractivity (Wildman–Crippen MR) is 118 cm³/mol. The summed E-state index contributed by atoms with van der Waals surface area (Å²) in [7, 11) is -1.87. The zero-order chi connectivity index (χ0) is 21.0. The highest BCUT2D eigenvalue weighted by Crippen LogP contribution is 2.37. The molecule has 0 aliphatic carbocycles. The van der Waals surface area contributed by atoms with Gasteiger partial charge in [-0.2, -0.15) is 0 Å². The molecule has 0 aliphatic rings. The van der Waals surface area contributed by atoms with Crippen molar-refractivity contribution < 1.29 is 14.0 Å². The SMILES string of the molecule is CC(C)(C)OC(=O)NC(Cc1ccc(O[Si](C)(C)C(C)(C)C)cc1)C(N)=S. The lowest BCUT2D eigenvalue weighted by molar-refractivity contribution is 0.0518. The summed E-state index contributed by atoms with van der Waals surface area (Å²) < 4.78 is 11.6. The number of amides is 1. The van der Waals surface area contributed by atoms with Gasteiger partial charge in [0.15, 0.2) is 0 Å². The summed E-state index contributed by atoms with van der Waals surface area (Å²) in [5.74, 6) is 0.859. The van der Waals surface area contributed by atoms with Crippen LogP contribution < -0.4 is 15.5 Å². The Morgan fingerprint density at radius 3 is 2.07 bits per heavy atom. The van der Waals surface area contributed by atoms with Crippen LogP contribution in [0.2, 0.25) is 18.1 Å². The monoisotopic (exact) mass is 410 g/mol. The van der Waals surface area contributed by atoms with Crippen LogP contribution in [-0.4, -0.2) is 31.0 Å². The quantitative estimate of drug-likeness (QED) is 0.521. The number of carbonyl (C=O) groups excluding carboxylic acids is 1. The summed E-state index contributed by atoms with van der Waals surface area (Å²) in [6, 6.07) is 7.40. The molecule has 1 aromatic rings. The standard InChI is InChI=1S/C20H34N2O3SSi/c1-19(2,3)24-18(23)22-16(17(21)26)13-14-9-11-15(12-10-14)25-27(7,8)20(4,5)6/h9-12,16H,13H2,1-8H3,(H2,21,26)(H,22,23). The molecule has 0 bridgehead atoms. The number of carbonyl (C=O) groups is 1. The third-order valence-corrected chi connectivity index (χ3v) is 9.22. The van der Waals surface area contributed by atoms with Crippen molar-refractivity contribution in [3.63, 3.8) is 0 Å². The van der Waals surface area contributed by atoms with Gasteiger partial charge in [0.25, 0.3) is 0 Å². The first kappa shape index (κ1) is 23.4. The van der Waals surface area contributed by atoms with Crippen LogP contribution in [0.5, 0.6) is 5.75 Å². The van der Waals surface area contributed by atoms with E-state index in [4.69, 9.17) is 27.1 Å². The molecule has 1 rings (SSSR count). The first-order valence-electron chi connectivity index (χ1n) is 9.17. The zero-order valence-electron chi connectivity index (χ0n) is 17.8. The molecule has 27 heavy (non-hydrogen) atoms. The molecule has 0 saturated heterocycles. The molecule has 152 valence electrons. The molecular weight excluding hydrogens is 376 g/mol. The Morgan fingerprint density at radius 1 is 1.15 bits per heavy atom. The summed E-state index contributed by atoms with van der Waals surface area (Å²) in [4.78, 5) is 12.2. The average Bonchev–Trinajstić information content (AvgIpc) is 2.45. The molecular formula is C20H34N2O3SSi. The van der Waals surface area contributed by atoms with Crippen LogP contribution in [0.1, 0.15) is 47.1 Å². The van der Waals surface area contributed by atoms with Gasteiger partial charge in [-0.15, -0.1) is 0 Å². The third kappa shape index (κ3) is 7.88. The fourth-order valence-corrected chi connectivity index (χ4v) is 3.22. The molecule has 0 saturated carbocycles. The number of hydrogen-bond donors (Lipinski definition) is 2. The van der Waals surface area contributed by atoms with Crippen LogP contribution in [0, 0.1) is 0 Å². The topological polar surface area (TPSA) is 73.6 Å². The fourth-order valence-electron chi connectivity index (χ4n) is 2.05. The number of rotatable bonds is 6. The van der Waals surface area contributed by atoms with Gasteiger partial charge in [0.05, 0.1) is 11.0 Å². The van der Waals surface area contributed by atoms with E-state index in [1.54, 1.807) is 0 Å². The van der Waals surface area contributed by atoms with Crippen LogP contribution in [0.4, 0.5) is 4.79 Å². The number of ether oxygens (including phenoxy) is 1. The van der Waals surface area contributed by atoms with Gasteiger partial charge in [0.2, 0.25) is 8.32 Å². The molecule has 3 N–H and O–H groups in total. The van der Waals surface area contributed by atoms with Crippen LogP contribution in [0.3, 0.4) is 0 Å². The van der Waals surface area contributed by atoms with Gasteiger partial charge in [0.1, 0.15) is 11.4 Å². The molecule has 0 radical (unpaired) electrons. The van der Waals surface area contributed by atoms with E-state index < -0.39 is 26.1 Å². The van der Waals surface area contributed by atoms with Crippen LogP contribution in [-0.2, 0) is 11.2 Å². The summed E-state index contributed by atoms with van der Waals surface area (Å²) in [5, 5.41) is 2.88. The van der Waals surface area contributed by atoms with Crippen molar-refractivity contribution in [2.75, 3.05) is 0 Å². The average molecular weight is 411 g/mol. The Balaban J connectivity index is 2.79. The van der Waals surface area contributed by atoms with Crippen molar-refractivity contribution in [2.24, 2.45) is 5.73 Å². The second-order valence-corrected chi connectivity index (χ2v) is 14.5. The fraction of sp³-hybridized carbons (Fsp3) is 0.600. The highest BCUT2D eigenvalue weighted by Gasteiger charge is 2.38. The molecule has 1 atom stereocenters. The van der Waals surface area contributed by atoms with E-state index >= 15 is 0 Å². The molecule has 7 heteroatoms. The second-order valence-electron chi connectivity index (χ2n) is 9.31. The van der Waals surface area contributed by atoms with Gasteiger partial charge in [-0.05, 0) is 63.0 Å². The Kier molecular flexibility index (Phi) is 7.47. The Hall–Kier alpha value is -1.60. The van der Waals surface area contributed by atoms with Crippen molar-refractivity contribution in [1.82, 2.24) is 5.32 Å². The first-order valence-corrected chi connectivity index (χ1v) is 12.5. The van der Waals surface area contributed by atoms with Crippen LogP contribution in [0.25, 0.3) is 0 Å². The molecule has 0 aliphatic heterocycles. The number of alkyl carbamates (subject to hydrolysis) is 1. The minimum atomic E-state index is -1.87. The summed E-state index contributed by atoms with van der Waals surface area (Å²) in [5.41, 5.74) is 6.23. The second kappa shape index (κ2) is 8.60. The Morgan fingerprint density at radius 2 is 1.67 bits per heavy atom. The van der Waals surface area contributed by atoms with Gasteiger partial charge in [0, 0.05) is 0 Å². The largest absolute Gasteiger partial charge is 0.544 e. The molecule has 1 amide bonds. The van der Waals surface area contributed by atoms with Crippen molar-refractivity contribution >= 4 is 31.6 Å². The van der Waals surface area contributed by atoms with E-state index in [1.807, 2.05) is 45.0 Å². The van der Waals surface area contributed by atoms with E-state index in [0.717, 1.165) is 11.3 Å². The first-order chi connectivity index (χ1) is 12.1. The lowest BCUT2D eigenvalue weighted by atomic mass is 10.1. The van der Waals surface area contributed by atoms with E-state index in [-0.39, 0.29) is 10.0 Å². The van der Waals surface area contributed by atoms with Crippen molar-refractivity contribution in [1.29, 1.82) is 0 Å². The van der Waals surface area contributed by atoms with E-state index in [9.17, 15) is 4.79 Å². The Bertz CT molecular complexity index is 661. The van der Waals surface area contributed by atoms with Gasteiger partial charge < -0.3 is 20.2 Å². The minimum absolute atomic E-state index is 0.139. The van der Waals surface area contributed by atoms with Crippen molar-refractivity contribution in [2.45, 2.75) is 77.7 Å². The number of nitrogens with two attached hydrogens (primary N) is 1. The Labute approximate surface area is 170 Å². The lowest BCUT2D eigenvalue weighted by Gasteiger charge is -2.36. The van der Waals surface area contributed by atoms with Gasteiger partial charge in [-0.3, -0.25) is 0 Å². The number of hydrogen-bond acceptors (Lipinski definition) is 4. The minimum Gasteiger partial charge on any atom is -0.544 e. The lowest BCUT2D eigenvalue weighted by Crippen LogP contribution is -2.46. The number of nitrogens with one attached hydrogen (secondary N) is 1. The molecule has 0 fully saturated rings. The summed E-state index contributed by atoms with van der Waals surface area (Å²) in [6.07, 6.45) is -0.0345. The van der Waals surface area contributed by atoms with Crippen molar-refractivity contribution in [3.05, 3.63) is 29.8 Å². The van der Waals surface area contributed by atoms with Gasteiger partial charge in [-0.25, -0.2) is 4.79 Å². The summed E-state index contributed by atoms with van der Waals surface area (Å²) >= 11 is 5.10. The number of benzene rings is 1. The van der Waals surface area contributed by atoms with Crippen LogP contribution in [0.15, 0.2) is 24.3 Å². The normalized spacial score (nSPS) is 13.6. The molecule has 0 heterocycles. The maximum Gasteiger partial charge on any atom is 0.408 e.